The van der Waals surface area contributed by atoms with E-state index in [0.29, 0.717) is 44.6 Å². The molecule has 8 heteroatoms. The smallest absolute Gasteiger partial charge is 0.312 e. The van der Waals surface area contributed by atoms with Crippen LogP contribution in [-0.2, 0) is 16.1 Å². The van der Waals surface area contributed by atoms with Gasteiger partial charge in [0, 0.05) is 37.5 Å². The summed E-state index contributed by atoms with van der Waals surface area (Å²) in [6.45, 7) is 1.68. The number of esters is 1. The summed E-state index contributed by atoms with van der Waals surface area (Å²) in [5.74, 6) is -0.214. The molecule has 1 atom stereocenters. The second-order valence-electron chi connectivity index (χ2n) is 8.10. The Bertz CT molecular complexity index is 1040. The number of likely N-dealkylation sites (tertiary alicyclic amines) is 1. The Morgan fingerprint density at radius 1 is 1.23 bits per heavy atom. The summed E-state index contributed by atoms with van der Waals surface area (Å²) in [7, 11) is 0. The summed E-state index contributed by atoms with van der Waals surface area (Å²) in [5.41, 5.74) is 1.69. The van der Waals surface area contributed by atoms with Crippen LogP contribution in [0.1, 0.15) is 29.8 Å². The Morgan fingerprint density at radius 3 is 2.77 bits per heavy atom. The van der Waals surface area contributed by atoms with Gasteiger partial charge < -0.3 is 14.2 Å². The number of H-pyrrole nitrogens is 1. The molecule has 0 bridgehead atoms. The maximum Gasteiger partial charge on any atom is 0.312 e. The number of carbonyl (C=O) groups excluding carboxylic acids is 2. The van der Waals surface area contributed by atoms with Crippen LogP contribution in [-0.4, -0.2) is 55.7 Å². The fraction of sp³-hybridized carbons (Fsp3) is 0.364. The Morgan fingerprint density at radius 2 is 2.03 bits per heavy atom. The maximum absolute atomic E-state index is 12.9. The van der Waals surface area contributed by atoms with Gasteiger partial charge >= 0.3 is 5.97 Å². The Hall–Kier alpha value is -3.42. The number of piperidine rings is 1. The third-order valence-corrected chi connectivity index (χ3v) is 6.18. The molecule has 1 aromatic carbocycles. The van der Waals surface area contributed by atoms with E-state index in [9.17, 15) is 9.59 Å². The first-order valence-corrected chi connectivity index (χ1v) is 10.2. The SMILES string of the molecule is O=C(c1cc(-c2ccccc2)n[nH]1)N1CCC2(CC1)CC(Cn1ccnc1)OC2=O. The number of benzene rings is 1. The molecule has 0 saturated carbocycles. The lowest BCUT2D eigenvalue weighted by molar-refractivity contribution is -0.150. The van der Waals surface area contributed by atoms with E-state index >= 15 is 0 Å². The van der Waals surface area contributed by atoms with Crippen LogP contribution in [0.5, 0.6) is 0 Å². The highest BCUT2D eigenvalue weighted by molar-refractivity contribution is 5.93. The van der Waals surface area contributed by atoms with Crippen molar-refractivity contribution in [3.8, 4) is 11.3 Å². The molecule has 5 rings (SSSR count). The van der Waals surface area contributed by atoms with Gasteiger partial charge in [-0.3, -0.25) is 14.7 Å². The van der Waals surface area contributed by atoms with Crippen LogP contribution >= 0.6 is 0 Å². The monoisotopic (exact) mass is 405 g/mol. The van der Waals surface area contributed by atoms with Crippen LogP contribution in [0.2, 0.25) is 0 Å². The molecular weight excluding hydrogens is 382 g/mol. The van der Waals surface area contributed by atoms with E-state index in [1.54, 1.807) is 23.5 Å². The topological polar surface area (TPSA) is 93.1 Å². The van der Waals surface area contributed by atoms with Gasteiger partial charge in [0.2, 0.25) is 0 Å². The lowest BCUT2D eigenvalue weighted by Crippen LogP contribution is -2.45. The van der Waals surface area contributed by atoms with E-state index in [-0.39, 0.29) is 18.0 Å². The second kappa shape index (κ2) is 7.44. The minimum atomic E-state index is -0.481. The lowest BCUT2D eigenvalue weighted by atomic mass is 9.76. The van der Waals surface area contributed by atoms with Crippen LogP contribution in [0.15, 0.2) is 55.1 Å². The average molecular weight is 405 g/mol. The normalized spacial score (nSPS) is 20.5. The van der Waals surface area contributed by atoms with E-state index < -0.39 is 5.41 Å². The number of rotatable bonds is 4. The van der Waals surface area contributed by atoms with Crippen molar-refractivity contribution in [3.05, 3.63) is 60.8 Å². The van der Waals surface area contributed by atoms with Crippen molar-refractivity contribution in [1.82, 2.24) is 24.6 Å². The van der Waals surface area contributed by atoms with Gasteiger partial charge in [-0.05, 0) is 18.9 Å². The van der Waals surface area contributed by atoms with Crippen molar-refractivity contribution in [2.24, 2.45) is 5.41 Å². The fourth-order valence-corrected chi connectivity index (χ4v) is 4.47. The molecule has 2 aliphatic heterocycles. The van der Waals surface area contributed by atoms with Gasteiger partial charge in [0.15, 0.2) is 0 Å². The van der Waals surface area contributed by atoms with Crippen molar-refractivity contribution in [3.63, 3.8) is 0 Å². The van der Waals surface area contributed by atoms with Gasteiger partial charge in [0.1, 0.15) is 11.8 Å². The fourth-order valence-electron chi connectivity index (χ4n) is 4.47. The van der Waals surface area contributed by atoms with E-state index in [0.717, 1.165) is 11.3 Å². The van der Waals surface area contributed by atoms with Gasteiger partial charge in [-0.25, -0.2) is 4.98 Å². The van der Waals surface area contributed by atoms with Crippen LogP contribution in [0, 0.1) is 5.41 Å². The van der Waals surface area contributed by atoms with Crippen LogP contribution in [0.25, 0.3) is 11.3 Å². The molecule has 2 saturated heterocycles. The number of carbonyl (C=O) groups is 2. The lowest BCUT2D eigenvalue weighted by Gasteiger charge is -2.36. The summed E-state index contributed by atoms with van der Waals surface area (Å²) >= 11 is 0. The molecule has 2 aromatic heterocycles. The van der Waals surface area contributed by atoms with Crippen molar-refractivity contribution in [1.29, 1.82) is 0 Å². The average Bonchev–Trinajstić information content (AvgIpc) is 3.51. The second-order valence-corrected chi connectivity index (χ2v) is 8.10. The number of hydrogen-bond donors (Lipinski definition) is 1. The van der Waals surface area contributed by atoms with Gasteiger partial charge in [-0.15, -0.1) is 0 Å². The molecular formula is C22H23N5O3. The van der Waals surface area contributed by atoms with Crippen LogP contribution < -0.4 is 0 Å². The van der Waals surface area contributed by atoms with Crippen LogP contribution in [0.3, 0.4) is 0 Å². The number of aromatic amines is 1. The third-order valence-electron chi connectivity index (χ3n) is 6.18. The number of amides is 1. The molecule has 154 valence electrons. The van der Waals surface area contributed by atoms with E-state index in [1.807, 2.05) is 41.1 Å². The Balaban J connectivity index is 1.22. The first-order valence-electron chi connectivity index (χ1n) is 10.2. The number of ether oxygens (including phenoxy) is 1. The number of hydrogen-bond acceptors (Lipinski definition) is 5. The molecule has 8 nitrogen and oxygen atoms in total. The van der Waals surface area contributed by atoms with E-state index in [4.69, 9.17) is 4.74 Å². The molecule has 4 heterocycles. The summed E-state index contributed by atoms with van der Waals surface area (Å²) in [6, 6.07) is 11.5. The third kappa shape index (κ3) is 3.38. The predicted molar refractivity (Wildman–Crippen MR) is 108 cm³/mol. The van der Waals surface area contributed by atoms with Gasteiger partial charge in [0.25, 0.3) is 5.91 Å². The highest BCUT2D eigenvalue weighted by Gasteiger charge is 2.50. The number of nitrogens with one attached hydrogen (secondary N) is 1. The molecule has 30 heavy (non-hydrogen) atoms. The highest BCUT2D eigenvalue weighted by Crippen LogP contribution is 2.43. The summed E-state index contributed by atoms with van der Waals surface area (Å²) in [6.07, 6.45) is 7.11. The minimum absolute atomic E-state index is 0.0825. The van der Waals surface area contributed by atoms with Crippen molar-refractivity contribution in [2.45, 2.75) is 31.9 Å². The molecule has 1 amide bonds. The minimum Gasteiger partial charge on any atom is -0.460 e. The molecule has 0 aliphatic carbocycles. The van der Waals surface area contributed by atoms with Crippen molar-refractivity contribution in [2.75, 3.05) is 13.1 Å². The van der Waals surface area contributed by atoms with E-state index in [2.05, 4.69) is 15.2 Å². The highest BCUT2D eigenvalue weighted by atomic mass is 16.6. The zero-order valence-electron chi connectivity index (χ0n) is 16.5. The zero-order chi connectivity index (χ0) is 20.6. The van der Waals surface area contributed by atoms with Gasteiger partial charge in [0.05, 0.1) is 24.0 Å². The van der Waals surface area contributed by atoms with E-state index in [1.165, 1.54) is 0 Å². The Labute approximate surface area is 173 Å². The quantitative estimate of drug-likeness (QED) is 0.673. The van der Waals surface area contributed by atoms with Gasteiger partial charge in [-0.2, -0.15) is 5.10 Å². The molecule has 1 N–H and O–H groups in total. The molecule has 0 radical (unpaired) electrons. The number of cyclic esters (lactones) is 1. The summed E-state index contributed by atoms with van der Waals surface area (Å²) in [5, 5.41) is 7.14. The molecule has 2 fully saturated rings. The van der Waals surface area contributed by atoms with Crippen LogP contribution in [0.4, 0.5) is 0 Å². The predicted octanol–water partition coefficient (Wildman–Crippen LogP) is 2.51. The molecule has 1 unspecified atom stereocenters. The zero-order valence-corrected chi connectivity index (χ0v) is 16.5. The van der Waals surface area contributed by atoms with Gasteiger partial charge in [-0.1, -0.05) is 30.3 Å². The summed E-state index contributed by atoms with van der Waals surface area (Å²) < 4.78 is 7.58. The molecule has 2 aliphatic rings. The molecule has 1 spiro atoms. The maximum atomic E-state index is 12.9. The number of aromatic nitrogens is 4. The summed E-state index contributed by atoms with van der Waals surface area (Å²) in [4.78, 5) is 31.4. The first kappa shape index (κ1) is 18.6. The number of imidazole rings is 1. The van der Waals surface area contributed by atoms with Crippen molar-refractivity contribution >= 4 is 11.9 Å². The largest absolute Gasteiger partial charge is 0.460 e. The Kier molecular flexibility index (Phi) is 4.61. The number of nitrogens with zero attached hydrogens (tertiary/aromatic N) is 4. The van der Waals surface area contributed by atoms with Crippen molar-refractivity contribution < 1.29 is 14.3 Å². The molecule has 3 aromatic rings. The standard InChI is InChI=1S/C22H23N5O3/c28-20(19-12-18(24-25-19)16-4-2-1-3-5-16)27-9-6-22(7-10-27)13-17(30-21(22)29)14-26-11-8-23-15-26/h1-5,8,11-12,15,17H,6-7,9-10,13-14H2,(H,24,25). The first-order chi connectivity index (χ1) is 14.6.